The summed E-state index contributed by atoms with van der Waals surface area (Å²) in [6.07, 6.45) is 5.23. The Morgan fingerprint density at radius 2 is 2.03 bits per heavy atom. The lowest BCUT2D eigenvalue weighted by Gasteiger charge is -2.40. The molecule has 0 spiro atoms. The first-order chi connectivity index (χ1) is 14.2. The van der Waals surface area contributed by atoms with Crippen molar-refractivity contribution in [3.63, 3.8) is 0 Å². The molecule has 1 saturated heterocycles. The summed E-state index contributed by atoms with van der Waals surface area (Å²) in [7, 11) is 0. The van der Waals surface area contributed by atoms with E-state index in [2.05, 4.69) is 30.7 Å². The van der Waals surface area contributed by atoms with Crippen LogP contribution in [0, 0.1) is 10.8 Å². The highest BCUT2D eigenvalue weighted by atomic mass is 16.4. The van der Waals surface area contributed by atoms with Crippen molar-refractivity contribution >= 4 is 11.0 Å². The maximum absolute atomic E-state index is 12.8. The molecule has 1 aliphatic heterocycles. The molecule has 1 aromatic carbocycles. The van der Waals surface area contributed by atoms with E-state index >= 15 is 0 Å². The Labute approximate surface area is 176 Å². The molecule has 156 valence electrons. The molecule has 2 fully saturated rings. The van der Waals surface area contributed by atoms with Gasteiger partial charge in [0.1, 0.15) is 11.3 Å². The molecule has 2 bridgehead atoms. The summed E-state index contributed by atoms with van der Waals surface area (Å²) in [6, 6.07) is 11.3. The number of nitrogens with zero attached hydrogens (tertiary/aromatic N) is 2. The van der Waals surface area contributed by atoms with Crippen molar-refractivity contribution in [1.82, 2.24) is 9.88 Å². The summed E-state index contributed by atoms with van der Waals surface area (Å²) in [4.78, 5) is 19.5. The Morgan fingerprint density at radius 1 is 1.20 bits per heavy atom. The molecule has 0 amide bonds. The number of rotatable bonds is 3. The van der Waals surface area contributed by atoms with Crippen molar-refractivity contribution in [3.8, 4) is 17.0 Å². The summed E-state index contributed by atoms with van der Waals surface area (Å²) >= 11 is 0. The van der Waals surface area contributed by atoms with Gasteiger partial charge in [-0.15, -0.1) is 0 Å². The van der Waals surface area contributed by atoms with Gasteiger partial charge in [0.05, 0.1) is 16.8 Å². The molecule has 3 heterocycles. The van der Waals surface area contributed by atoms with E-state index in [9.17, 15) is 9.90 Å². The van der Waals surface area contributed by atoms with Crippen LogP contribution < -0.4 is 5.63 Å². The highest BCUT2D eigenvalue weighted by Crippen LogP contribution is 2.53. The van der Waals surface area contributed by atoms with E-state index in [1.54, 1.807) is 24.4 Å². The number of phenolic OH excluding ortho intramolecular Hbond substituents is 1. The molecule has 5 heteroatoms. The second-order valence-corrected chi connectivity index (χ2v) is 10.3. The summed E-state index contributed by atoms with van der Waals surface area (Å²) in [6.45, 7) is 8.69. The van der Waals surface area contributed by atoms with Crippen molar-refractivity contribution < 1.29 is 9.52 Å². The maximum atomic E-state index is 12.8. The van der Waals surface area contributed by atoms with Crippen LogP contribution >= 0.6 is 0 Å². The van der Waals surface area contributed by atoms with Crippen molar-refractivity contribution in [2.24, 2.45) is 10.8 Å². The molecule has 30 heavy (non-hydrogen) atoms. The molecule has 0 unspecified atom stereocenters. The fraction of sp³-hybridized carbons (Fsp3) is 0.440. The third kappa shape index (κ3) is 3.31. The topological polar surface area (TPSA) is 66.6 Å². The summed E-state index contributed by atoms with van der Waals surface area (Å²) in [5, 5.41) is 11.5. The van der Waals surface area contributed by atoms with E-state index in [1.807, 2.05) is 18.2 Å². The zero-order valence-corrected chi connectivity index (χ0v) is 17.8. The highest BCUT2D eigenvalue weighted by Gasteiger charge is 2.49. The summed E-state index contributed by atoms with van der Waals surface area (Å²) in [5.74, 6) is 0.182. The van der Waals surface area contributed by atoms with Crippen LogP contribution in [0.5, 0.6) is 5.75 Å². The van der Waals surface area contributed by atoms with Gasteiger partial charge in [0.2, 0.25) is 0 Å². The minimum Gasteiger partial charge on any atom is -0.507 e. The number of aromatic nitrogens is 1. The van der Waals surface area contributed by atoms with Crippen LogP contribution in [-0.2, 0) is 6.54 Å². The van der Waals surface area contributed by atoms with E-state index in [0.29, 0.717) is 45.8 Å². The largest absolute Gasteiger partial charge is 0.507 e. The van der Waals surface area contributed by atoms with Crippen LogP contribution in [0.4, 0.5) is 0 Å². The smallest absolute Gasteiger partial charge is 0.345 e. The lowest BCUT2D eigenvalue weighted by Crippen LogP contribution is -2.34. The van der Waals surface area contributed by atoms with Crippen LogP contribution in [0.3, 0.4) is 0 Å². The number of pyridine rings is 1. The monoisotopic (exact) mass is 404 g/mol. The molecule has 5 rings (SSSR count). The number of phenols is 1. The lowest BCUT2D eigenvalue weighted by atomic mass is 9.65. The molecule has 2 atom stereocenters. The van der Waals surface area contributed by atoms with E-state index in [4.69, 9.17) is 4.42 Å². The minimum atomic E-state index is -0.429. The molecule has 1 aliphatic carbocycles. The number of hydrogen-bond acceptors (Lipinski definition) is 5. The second kappa shape index (κ2) is 6.67. The second-order valence-electron chi connectivity index (χ2n) is 10.3. The SMILES string of the molecule is CC1(C)C[C@H]2C[C@](C)(CN2Cc2c(O)ccc3cc(-c4ccccn4)c(=O)oc23)C1. The number of aromatic hydroxyl groups is 1. The average Bonchev–Trinajstić information content (AvgIpc) is 2.92. The van der Waals surface area contributed by atoms with Gasteiger partial charge in [-0.3, -0.25) is 9.88 Å². The molecule has 2 aromatic heterocycles. The first kappa shape index (κ1) is 19.3. The number of fused-ring (bicyclic) bond motifs is 3. The van der Waals surface area contributed by atoms with Gasteiger partial charge in [0, 0.05) is 30.7 Å². The van der Waals surface area contributed by atoms with E-state index in [-0.39, 0.29) is 5.75 Å². The zero-order chi connectivity index (χ0) is 21.1. The van der Waals surface area contributed by atoms with E-state index in [0.717, 1.165) is 18.4 Å². The van der Waals surface area contributed by atoms with Gasteiger partial charge >= 0.3 is 5.63 Å². The number of hydrogen-bond donors (Lipinski definition) is 1. The predicted octanol–water partition coefficient (Wildman–Crippen LogP) is 4.96. The van der Waals surface area contributed by atoms with Gasteiger partial charge in [-0.25, -0.2) is 4.79 Å². The standard InChI is InChI=1S/C25H28N2O3/c1-24(2)11-17-12-25(3,14-24)15-27(17)13-19-21(28)8-7-16-10-18(23(29)30-22(16)19)20-6-4-5-9-26-20/h4-10,17,28H,11-15H2,1-3H3/t17-,25-/m0/s1. The minimum absolute atomic E-state index is 0.182. The maximum Gasteiger partial charge on any atom is 0.345 e. The van der Waals surface area contributed by atoms with Crippen molar-refractivity contribution in [2.75, 3.05) is 6.54 Å². The molecular weight excluding hydrogens is 376 g/mol. The number of likely N-dealkylation sites (tertiary alicyclic amines) is 1. The van der Waals surface area contributed by atoms with Crippen LogP contribution in [0.2, 0.25) is 0 Å². The predicted molar refractivity (Wildman–Crippen MR) is 117 cm³/mol. The summed E-state index contributed by atoms with van der Waals surface area (Å²) in [5.41, 5.74) is 2.41. The van der Waals surface area contributed by atoms with E-state index in [1.165, 1.54) is 12.8 Å². The van der Waals surface area contributed by atoms with Crippen LogP contribution in [0.25, 0.3) is 22.2 Å². The Balaban J connectivity index is 1.55. The Hall–Kier alpha value is -2.66. The molecule has 5 nitrogen and oxygen atoms in total. The van der Waals surface area contributed by atoms with Gasteiger partial charge in [0.15, 0.2) is 0 Å². The molecule has 0 radical (unpaired) electrons. The van der Waals surface area contributed by atoms with Crippen LogP contribution in [0.1, 0.15) is 45.6 Å². The Kier molecular flexibility index (Phi) is 4.30. The molecule has 1 saturated carbocycles. The van der Waals surface area contributed by atoms with Crippen LogP contribution in [-0.4, -0.2) is 27.6 Å². The Morgan fingerprint density at radius 3 is 2.80 bits per heavy atom. The zero-order valence-electron chi connectivity index (χ0n) is 17.8. The van der Waals surface area contributed by atoms with Crippen molar-refractivity contribution in [1.29, 1.82) is 0 Å². The summed E-state index contributed by atoms with van der Waals surface area (Å²) < 4.78 is 5.76. The quantitative estimate of drug-likeness (QED) is 0.625. The first-order valence-electron chi connectivity index (χ1n) is 10.7. The third-order valence-corrected chi connectivity index (χ3v) is 6.81. The third-order valence-electron chi connectivity index (χ3n) is 6.81. The first-order valence-corrected chi connectivity index (χ1v) is 10.7. The molecule has 3 aromatic rings. The normalized spacial score (nSPS) is 25.6. The molecular formula is C25H28N2O3. The van der Waals surface area contributed by atoms with E-state index < -0.39 is 5.63 Å². The lowest BCUT2D eigenvalue weighted by molar-refractivity contribution is 0.126. The van der Waals surface area contributed by atoms with Crippen molar-refractivity contribution in [3.05, 3.63) is 58.6 Å². The van der Waals surface area contributed by atoms with Gasteiger partial charge in [-0.05, 0) is 60.4 Å². The highest BCUT2D eigenvalue weighted by molar-refractivity contribution is 5.85. The average molecular weight is 405 g/mol. The van der Waals surface area contributed by atoms with Gasteiger partial charge < -0.3 is 9.52 Å². The Bertz CT molecular complexity index is 1170. The van der Waals surface area contributed by atoms with Crippen LogP contribution in [0.15, 0.2) is 51.8 Å². The fourth-order valence-corrected chi connectivity index (χ4v) is 6.05. The van der Waals surface area contributed by atoms with Gasteiger partial charge in [0.25, 0.3) is 0 Å². The fourth-order valence-electron chi connectivity index (χ4n) is 6.05. The molecule has 1 N–H and O–H groups in total. The van der Waals surface area contributed by atoms with Gasteiger partial charge in [-0.2, -0.15) is 0 Å². The molecule has 2 aliphatic rings. The van der Waals surface area contributed by atoms with Crippen molar-refractivity contribution in [2.45, 2.75) is 52.6 Å². The number of benzene rings is 1. The van der Waals surface area contributed by atoms with Gasteiger partial charge in [-0.1, -0.05) is 26.8 Å².